The molecule has 0 N–H and O–H groups in total. The first-order valence-corrected chi connectivity index (χ1v) is 10.3. The van der Waals surface area contributed by atoms with E-state index in [9.17, 15) is 13.2 Å². The summed E-state index contributed by atoms with van der Waals surface area (Å²) in [6, 6.07) is 12.0. The maximum atomic E-state index is 12.9. The van der Waals surface area contributed by atoms with Gasteiger partial charge < -0.3 is 9.64 Å². The molecule has 3 rings (SSSR count). The predicted octanol–water partition coefficient (Wildman–Crippen LogP) is 2.93. The van der Waals surface area contributed by atoms with Gasteiger partial charge in [-0.3, -0.25) is 4.79 Å². The molecular weight excluding hydrogens is 364 g/mol. The van der Waals surface area contributed by atoms with Crippen LogP contribution in [0.1, 0.15) is 29.8 Å². The van der Waals surface area contributed by atoms with Crippen molar-refractivity contribution in [3.8, 4) is 5.75 Å². The van der Waals surface area contributed by atoms with Gasteiger partial charge >= 0.3 is 0 Å². The Morgan fingerprint density at radius 2 is 1.78 bits per heavy atom. The minimum Gasteiger partial charge on any atom is -0.491 e. The molecule has 144 valence electrons. The van der Waals surface area contributed by atoms with Gasteiger partial charge in [-0.1, -0.05) is 0 Å². The minimum atomic E-state index is -3.49. The molecule has 0 saturated carbocycles. The molecule has 2 aromatic carbocycles. The molecule has 1 heterocycles. The van der Waals surface area contributed by atoms with E-state index >= 15 is 0 Å². The average molecular weight is 388 g/mol. The molecule has 0 aromatic heterocycles. The van der Waals surface area contributed by atoms with Crippen LogP contribution in [0.4, 0.5) is 5.69 Å². The second-order valence-electron chi connectivity index (χ2n) is 6.98. The number of ether oxygens (including phenoxy) is 1. The highest BCUT2D eigenvalue weighted by molar-refractivity contribution is 7.89. The summed E-state index contributed by atoms with van der Waals surface area (Å²) in [5.41, 5.74) is 2.20. The maximum Gasteiger partial charge on any atom is 0.258 e. The van der Waals surface area contributed by atoms with Crippen LogP contribution in [0, 0.1) is 0 Å². The lowest BCUT2D eigenvalue weighted by atomic mass is 10.1. The Morgan fingerprint density at radius 1 is 1.11 bits per heavy atom. The second-order valence-corrected chi connectivity index (χ2v) is 9.13. The molecule has 0 fully saturated rings. The summed E-state index contributed by atoms with van der Waals surface area (Å²) < 4.78 is 31.4. The molecule has 27 heavy (non-hydrogen) atoms. The number of hydrogen-bond donors (Lipinski definition) is 0. The van der Waals surface area contributed by atoms with E-state index < -0.39 is 10.0 Å². The Hall–Kier alpha value is -2.38. The number of nitrogens with zero attached hydrogens (tertiary/aromatic N) is 2. The summed E-state index contributed by atoms with van der Waals surface area (Å²) in [5.74, 6) is 0.620. The van der Waals surface area contributed by atoms with Crippen molar-refractivity contribution < 1.29 is 17.9 Å². The number of carbonyl (C=O) groups excluding carboxylic acids is 1. The van der Waals surface area contributed by atoms with Crippen LogP contribution < -0.4 is 9.64 Å². The van der Waals surface area contributed by atoms with Gasteiger partial charge in [-0.25, -0.2) is 12.7 Å². The van der Waals surface area contributed by atoms with E-state index in [2.05, 4.69) is 0 Å². The van der Waals surface area contributed by atoms with E-state index in [4.69, 9.17) is 4.74 Å². The molecule has 0 saturated heterocycles. The van der Waals surface area contributed by atoms with Crippen LogP contribution in [0.5, 0.6) is 5.75 Å². The third kappa shape index (κ3) is 3.84. The molecule has 0 atom stereocenters. The Morgan fingerprint density at radius 3 is 2.37 bits per heavy atom. The van der Waals surface area contributed by atoms with Gasteiger partial charge in [0.05, 0.1) is 11.0 Å². The van der Waals surface area contributed by atoms with Crippen molar-refractivity contribution in [3.63, 3.8) is 0 Å². The fourth-order valence-corrected chi connectivity index (χ4v) is 4.02. The number of fused-ring (bicyclic) bond motifs is 1. The van der Waals surface area contributed by atoms with Gasteiger partial charge in [0.15, 0.2) is 0 Å². The molecule has 6 nitrogen and oxygen atoms in total. The fraction of sp³-hybridized carbons (Fsp3) is 0.350. The van der Waals surface area contributed by atoms with Crippen LogP contribution in [0.2, 0.25) is 0 Å². The van der Waals surface area contributed by atoms with Crippen molar-refractivity contribution in [1.82, 2.24) is 4.31 Å². The zero-order valence-corrected chi connectivity index (χ0v) is 16.8. The lowest BCUT2D eigenvalue weighted by Gasteiger charge is -2.18. The standard InChI is InChI=1S/C20H24N2O4S/c1-14(2)26-17-7-5-15(6-8-17)20(23)22-12-11-16-13-18(9-10-19(16)22)27(24,25)21(3)4/h5-10,13-14H,11-12H2,1-4H3. The number of amides is 1. The van der Waals surface area contributed by atoms with Crippen molar-refractivity contribution in [2.75, 3.05) is 25.5 Å². The first-order valence-electron chi connectivity index (χ1n) is 8.84. The van der Waals surface area contributed by atoms with E-state index in [1.165, 1.54) is 18.4 Å². The first kappa shape index (κ1) is 19.4. The summed E-state index contributed by atoms with van der Waals surface area (Å²) >= 11 is 0. The molecular formula is C20H24N2O4S. The number of sulfonamides is 1. The summed E-state index contributed by atoms with van der Waals surface area (Å²) in [4.78, 5) is 14.8. The molecule has 1 amide bonds. The highest BCUT2D eigenvalue weighted by Gasteiger charge is 2.28. The highest BCUT2D eigenvalue weighted by Crippen LogP contribution is 2.32. The Labute approximate surface area is 160 Å². The quantitative estimate of drug-likeness (QED) is 0.790. The first-order chi connectivity index (χ1) is 12.7. The lowest BCUT2D eigenvalue weighted by molar-refractivity contribution is 0.0989. The summed E-state index contributed by atoms with van der Waals surface area (Å²) in [6.45, 7) is 4.43. The smallest absolute Gasteiger partial charge is 0.258 e. The Kier molecular flexibility index (Phi) is 5.26. The van der Waals surface area contributed by atoms with Crippen molar-refractivity contribution in [2.45, 2.75) is 31.3 Å². The van der Waals surface area contributed by atoms with E-state index in [-0.39, 0.29) is 16.9 Å². The normalized spacial score (nSPS) is 13.9. The molecule has 0 bridgehead atoms. The highest BCUT2D eigenvalue weighted by atomic mass is 32.2. The summed E-state index contributed by atoms with van der Waals surface area (Å²) in [5, 5.41) is 0. The summed E-state index contributed by atoms with van der Waals surface area (Å²) in [6.07, 6.45) is 0.705. The predicted molar refractivity (Wildman–Crippen MR) is 105 cm³/mol. The molecule has 0 aliphatic carbocycles. The van der Waals surface area contributed by atoms with E-state index in [1.54, 1.807) is 47.4 Å². The van der Waals surface area contributed by atoms with Gasteiger partial charge in [-0.15, -0.1) is 0 Å². The maximum absolute atomic E-state index is 12.9. The second kappa shape index (κ2) is 7.32. The molecule has 7 heteroatoms. The zero-order valence-electron chi connectivity index (χ0n) is 16.0. The van der Waals surface area contributed by atoms with Crippen LogP contribution in [0.15, 0.2) is 47.4 Å². The zero-order chi connectivity index (χ0) is 19.8. The third-order valence-corrected chi connectivity index (χ3v) is 6.25. The number of rotatable bonds is 5. The number of hydrogen-bond acceptors (Lipinski definition) is 4. The number of benzene rings is 2. The van der Waals surface area contributed by atoms with Crippen molar-refractivity contribution in [2.24, 2.45) is 0 Å². The van der Waals surface area contributed by atoms with E-state index in [1.807, 2.05) is 13.8 Å². The lowest BCUT2D eigenvalue weighted by Crippen LogP contribution is -2.28. The van der Waals surface area contributed by atoms with Gasteiger partial charge in [0, 0.05) is 31.9 Å². The fourth-order valence-electron chi connectivity index (χ4n) is 3.06. The van der Waals surface area contributed by atoms with Crippen LogP contribution in [0.3, 0.4) is 0 Å². The number of anilines is 1. The van der Waals surface area contributed by atoms with E-state index in [0.717, 1.165) is 17.0 Å². The van der Waals surface area contributed by atoms with Crippen LogP contribution >= 0.6 is 0 Å². The molecule has 1 aliphatic rings. The largest absolute Gasteiger partial charge is 0.491 e. The molecule has 1 aliphatic heterocycles. The topological polar surface area (TPSA) is 66.9 Å². The van der Waals surface area contributed by atoms with E-state index in [0.29, 0.717) is 18.5 Å². The number of carbonyl (C=O) groups is 1. The SMILES string of the molecule is CC(C)Oc1ccc(C(=O)N2CCc3cc(S(=O)(=O)N(C)C)ccc32)cc1. The molecule has 2 aromatic rings. The van der Waals surface area contributed by atoms with Crippen molar-refractivity contribution in [3.05, 3.63) is 53.6 Å². The van der Waals surface area contributed by atoms with Gasteiger partial charge in [0.2, 0.25) is 10.0 Å². The molecule has 0 radical (unpaired) electrons. The third-order valence-electron chi connectivity index (χ3n) is 4.44. The Bertz CT molecular complexity index is 950. The van der Waals surface area contributed by atoms with Crippen LogP contribution in [-0.2, 0) is 16.4 Å². The minimum absolute atomic E-state index is 0.0738. The van der Waals surface area contributed by atoms with Gasteiger partial charge in [-0.2, -0.15) is 0 Å². The Balaban J connectivity index is 1.84. The summed E-state index contributed by atoms with van der Waals surface area (Å²) in [7, 11) is -0.477. The van der Waals surface area contributed by atoms with Crippen LogP contribution in [0.25, 0.3) is 0 Å². The van der Waals surface area contributed by atoms with Crippen molar-refractivity contribution >= 4 is 21.6 Å². The van der Waals surface area contributed by atoms with Gasteiger partial charge in [-0.05, 0) is 68.3 Å². The molecule has 0 spiro atoms. The average Bonchev–Trinajstić information content (AvgIpc) is 3.04. The molecule has 0 unspecified atom stereocenters. The van der Waals surface area contributed by atoms with Gasteiger partial charge in [0.1, 0.15) is 5.75 Å². The monoisotopic (exact) mass is 388 g/mol. The van der Waals surface area contributed by atoms with Crippen molar-refractivity contribution in [1.29, 1.82) is 0 Å². The van der Waals surface area contributed by atoms with Crippen LogP contribution in [-0.4, -0.2) is 45.4 Å². The van der Waals surface area contributed by atoms with Gasteiger partial charge in [0.25, 0.3) is 5.91 Å².